The molecule has 5 atom stereocenters. The SMILES string of the molecule is C[N+](C)(C)C1C(O)O[C@H](COP(=O)(O)O)C(O)[C@@H]1O. The lowest BCUT2D eigenvalue weighted by Crippen LogP contribution is -2.67. The lowest BCUT2D eigenvalue weighted by atomic mass is 9.95. The van der Waals surface area contributed by atoms with Crippen molar-refractivity contribution in [3.8, 4) is 0 Å². The summed E-state index contributed by atoms with van der Waals surface area (Å²) in [7, 11) is 0.420. The highest BCUT2D eigenvalue weighted by Crippen LogP contribution is 2.37. The van der Waals surface area contributed by atoms with Crippen molar-refractivity contribution in [3.05, 3.63) is 0 Å². The van der Waals surface area contributed by atoms with Crippen LogP contribution in [0.25, 0.3) is 0 Å². The Bertz CT molecular complexity index is 353. The molecular weight excluding hydrogens is 281 g/mol. The summed E-state index contributed by atoms with van der Waals surface area (Å²) in [6.45, 7) is -0.635. The minimum Gasteiger partial charge on any atom is -0.387 e. The van der Waals surface area contributed by atoms with Crippen molar-refractivity contribution < 1.29 is 43.4 Å². The third-order valence-electron chi connectivity index (χ3n) is 2.99. The van der Waals surface area contributed by atoms with Gasteiger partial charge in [-0.1, -0.05) is 0 Å². The predicted octanol–water partition coefficient (Wildman–Crippen LogP) is -2.39. The van der Waals surface area contributed by atoms with Crippen molar-refractivity contribution >= 4 is 7.82 Å². The van der Waals surface area contributed by atoms with Crippen LogP contribution in [0.5, 0.6) is 0 Å². The Labute approximate surface area is 110 Å². The molecule has 9 nitrogen and oxygen atoms in total. The fourth-order valence-corrected chi connectivity index (χ4v) is 2.42. The fourth-order valence-electron chi connectivity index (χ4n) is 2.08. The van der Waals surface area contributed by atoms with E-state index in [1.54, 1.807) is 21.1 Å². The molecule has 0 aliphatic carbocycles. The Balaban J connectivity index is 2.75. The summed E-state index contributed by atoms with van der Waals surface area (Å²) in [5.74, 6) is 0. The molecule has 0 saturated carbocycles. The van der Waals surface area contributed by atoms with Gasteiger partial charge in [0.2, 0.25) is 6.29 Å². The van der Waals surface area contributed by atoms with Crippen LogP contribution in [-0.4, -0.2) is 88.0 Å². The zero-order chi connectivity index (χ0) is 15.0. The average molecular weight is 302 g/mol. The molecular formula is C9H21NO8P+. The molecule has 3 unspecified atom stereocenters. The van der Waals surface area contributed by atoms with E-state index in [4.69, 9.17) is 14.5 Å². The molecule has 0 aromatic heterocycles. The van der Waals surface area contributed by atoms with Crippen molar-refractivity contribution in [2.75, 3.05) is 27.7 Å². The number of rotatable bonds is 4. The van der Waals surface area contributed by atoms with Crippen LogP contribution in [-0.2, 0) is 13.8 Å². The number of hydrogen-bond donors (Lipinski definition) is 5. The van der Waals surface area contributed by atoms with E-state index in [0.29, 0.717) is 0 Å². The smallest absolute Gasteiger partial charge is 0.387 e. The van der Waals surface area contributed by atoms with E-state index in [0.717, 1.165) is 0 Å². The Morgan fingerprint density at radius 2 is 1.68 bits per heavy atom. The first-order valence-electron chi connectivity index (χ1n) is 5.64. The van der Waals surface area contributed by atoms with E-state index in [1.807, 2.05) is 0 Å². The largest absolute Gasteiger partial charge is 0.469 e. The van der Waals surface area contributed by atoms with Crippen molar-refractivity contribution in [2.45, 2.75) is 30.6 Å². The molecule has 1 aliphatic rings. The summed E-state index contributed by atoms with van der Waals surface area (Å²) >= 11 is 0. The number of phosphoric acid groups is 1. The van der Waals surface area contributed by atoms with Gasteiger partial charge < -0.3 is 34.3 Å². The average Bonchev–Trinajstić information content (AvgIpc) is 2.18. The number of ether oxygens (including phenoxy) is 1. The van der Waals surface area contributed by atoms with Gasteiger partial charge in [0.05, 0.1) is 27.7 Å². The molecule has 1 rings (SSSR count). The highest BCUT2D eigenvalue weighted by atomic mass is 31.2. The molecule has 0 bridgehead atoms. The third-order valence-corrected chi connectivity index (χ3v) is 3.47. The van der Waals surface area contributed by atoms with Crippen LogP contribution in [0.15, 0.2) is 0 Å². The lowest BCUT2D eigenvalue weighted by molar-refractivity contribution is -0.909. The van der Waals surface area contributed by atoms with Gasteiger partial charge in [-0.2, -0.15) is 0 Å². The number of quaternary nitrogens is 1. The number of phosphoric ester groups is 1. The van der Waals surface area contributed by atoms with Crippen molar-refractivity contribution in [1.82, 2.24) is 0 Å². The molecule has 0 radical (unpaired) electrons. The van der Waals surface area contributed by atoms with E-state index in [2.05, 4.69) is 4.52 Å². The van der Waals surface area contributed by atoms with E-state index >= 15 is 0 Å². The summed E-state index contributed by atoms with van der Waals surface area (Å²) in [5.41, 5.74) is 0. The molecule has 0 spiro atoms. The monoisotopic (exact) mass is 302 g/mol. The summed E-state index contributed by atoms with van der Waals surface area (Å²) in [5, 5.41) is 29.7. The van der Waals surface area contributed by atoms with Crippen molar-refractivity contribution in [3.63, 3.8) is 0 Å². The van der Waals surface area contributed by atoms with Crippen molar-refractivity contribution in [2.24, 2.45) is 0 Å². The molecule has 0 aromatic carbocycles. The van der Waals surface area contributed by atoms with E-state index in [9.17, 15) is 19.9 Å². The van der Waals surface area contributed by atoms with Crippen LogP contribution < -0.4 is 0 Å². The number of hydrogen-bond acceptors (Lipinski definition) is 6. The van der Waals surface area contributed by atoms with Gasteiger partial charge in [0, 0.05) is 0 Å². The van der Waals surface area contributed by atoms with Gasteiger partial charge >= 0.3 is 7.82 Å². The van der Waals surface area contributed by atoms with Gasteiger partial charge in [-0.15, -0.1) is 0 Å². The topological polar surface area (TPSA) is 137 Å². The van der Waals surface area contributed by atoms with Gasteiger partial charge in [-0.05, 0) is 0 Å². The summed E-state index contributed by atoms with van der Waals surface area (Å²) in [6.07, 6.45) is -5.34. The van der Waals surface area contributed by atoms with Crippen molar-refractivity contribution in [1.29, 1.82) is 0 Å². The Hall–Kier alpha value is -0.0900. The van der Waals surface area contributed by atoms with E-state index in [-0.39, 0.29) is 4.48 Å². The zero-order valence-corrected chi connectivity index (χ0v) is 11.8. The van der Waals surface area contributed by atoms with Crippen LogP contribution in [0.4, 0.5) is 0 Å². The molecule has 5 N–H and O–H groups in total. The van der Waals surface area contributed by atoms with Gasteiger partial charge in [-0.3, -0.25) is 4.52 Å². The summed E-state index contributed by atoms with van der Waals surface area (Å²) in [4.78, 5) is 17.1. The third kappa shape index (κ3) is 4.45. The maximum Gasteiger partial charge on any atom is 0.469 e. The molecule has 0 amide bonds. The second-order valence-corrected chi connectivity index (χ2v) is 6.68. The lowest BCUT2D eigenvalue weighted by Gasteiger charge is -2.46. The van der Waals surface area contributed by atoms with Crippen LogP contribution in [0.3, 0.4) is 0 Å². The maximum atomic E-state index is 10.6. The normalized spacial score (nSPS) is 37.4. The van der Waals surface area contributed by atoms with Gasteiger partial charge in [-0.25, -0.2) is 4.57 Å². The van der Waals surface area contributed by atoms with Crippen LogP contribution >= 0.6 is 7.82 Å². The Morgan fingerprint density at radius 3 is 2.11 bits per heavy atom. The first-order chi connectivity index (χ1) is 8.43. The molecule has 1 fully saturated rings. The maximum absolute atomic E-state index is 10.6. The molecule has 0 aromatic rings. The second kappa shape index (κ2) is 5.72. The van der Waals surface area contributed by atoms with Crippen LogP contribution in [0.2, 0.25) is 0 Å². The number of likely N-dealkylation sites (N-methyl/N-ethyl adjacent to an activating group) is 1. The number of aliphatic hydroxyl groups is 3. The minimum absolute atomic E-state index is 0.144. The quantitative estimate of drug-likeness (QED) is 0.286. The van der Waals surface area contributed by atoms with Gasteiger partial charge in [0.25, 0.3) is 0 Å². The van der Waals surface area contributed by atoms with Crippen LogP contribution in [0, 0.1) is 0 Å². The predicted molar refractivity (Wildman–Crippen MR) is 62.7 cm³/mol. The Morgan fingerprint density at radius 1 is 1.16 bits per heavy atom. The molecule has 1 saturated heterocycles. The number of aliphatic hydroxyl groups excluding tert-OH is 3. The molecule has 1 heterocycles. The fraction of sp³-hybridized carbons (Fsp3) is 1.00. The standard InChI is InChI=1S/C9H20NO8P/c1-10(2,3)6-8(12)7(11)5(18-9(6)13)4-17-19(14,15)16/h5-9,11-13H,4H2,1-3H3,(H-,14,15,16)/p+1/t5-,6?,7?,8-,9?/m1/s1. The highest BCUT2D eigenvalue weighted by Gasteiger charge is 2.50. The zero-order valence-electron chi connectivity index (χ0n) is 10.9. The second-order valence-electron chi connectivity index (χ2n) is 5.44. The number of nitrogens with zero attached hydrogens (tertiary/aromatic N) is 1. The Kier molecular flexibility index (Phi) is 5.11. The molecule has 10 heteroatoms. The van der Waals surface area contributed by atoms with E-state index < -0.39 is 45.1 Å². The summed E-state index contributed by atoms with van der Waals surface area (Å²) < 4.78 is 20.0. The minimum atomic E-state index is -4.70. The molecule has 1 aliphatic heterocycles. The summed E-state index contributed by atoms with van der Waals surface area (Å²) in [6, 6.07) is -0.790. The first kappa shape index (κ1) is 17.0. The highest BCUT2D eigenvalue weighted by molar-refractivity contribution is 7.46. The van der Waals surface area contributed by atoms with Gasteiger partial charge in [0.15, 0.2) is 6.04 Å². The van der Waals surface area contributed by atoms with Crippen LogP contribution in [0.1, 0.15) is 0 Å². The molecule has 19 heavy (non-hydrogen) atoms. The molecule has 114 valence electrons. The first-order valence-corrected chi connectivity index (χ1v) is 7.17. The van der Waals surface area contributed by atoms with Gasteiger partial charge in [0.1, 0.15) is 18.3 Å². The van der Waals surface area contributed by atoms with E-state index in [1.165, 1.54) is 0 Å².